The molecule has 218 valence electrons. The number of carbonyl (C=O) groups is 1. The highest BCUT2D eigenvalue weighted by Gasteiger charge is 2.59. The average Bonchev–Trinajstić information content (AvgIpc) is 3.23. The number of nitrogens with one attached hydrogen (secondary N) is 1. The minimum absolute atomic E-state index is 0.0516. The molecule has 1 amide bonds. The summed E-state index contributed by atoms with van der Waals surface area (Å²) in [5, 5.41) is 4.07. The number of ether oxygens (including phenoxy) is 1. The molecule has 3 fully saturated rings. The van der Waals surface area contributed by atoms with Crippen molar-refractivity contribution >= 4 is 22.0 Å². The van der Waals surface area contributed by atoms with Crippen LogP contribution in [0.25, 0.3) is 0 Å². The van der Waals surface area contributed by atoms with Crippen molar-refractivity contribution in [2.75, 3.05) is 11.9 Å². The number of alkyl carbamates (subject to hydrolysis) is 1. The summed E-state index contributed by atoms with van der Waals surface area (Å²) in [5.41, 5.74) is 2.47. The van der Waals surface area contributed by atoms with Gasteiger partial charge in [0, 0.05) is 18.3 Å². The van der Waals surface area contributed by atoms with Crippen molar-refractivity contribution < 1.29 is 9.53 Å². The van der Waals surface area contributed by atoms with Crippen LogP contribution in [0.1, 0.15) is 131 Å². The fourth-order valence-electron chi connectivity index (χ4n) is 9.71. The first kappa shape index (κ1) is 30.4. The number of hydrogen-bond donors (Lipinski definition) is 1. The largest absolute Gasteiger partial charge is 0.446 e. The molecule has 1 N–H and O–H groups in total. The molecule has 0 unspecified atom stereocenters. The molecule has 4 aliphatic rings. The molecule has 0 spiro atoms. The maximum absolute atomic E-state index is 12.5. The van der Waals surface area contributed by atoms with Gasteiger partial charge >= 0.3 is 6.09 Å². The molecule has 4 rings (SSSR count). The van der Waals surface area contributed by atoms with E-state index < -0.39 is 0 Å². The van der Waals surface area contributed by atoms with Crippen molar-refractivity contribution in [3.8, 4) is 0 Å². The van der Waals surface area contributed by atoms with Gasteiger partial charge in [0.1, 0.15) is 6.10 Å². The number of carbonyl (C=O) groups excluding carboxylic acids is 1. The zero-order valence-electron chi connectivity index (χ0n) is 25.3. The number of rotatable bonds is 12. The van der Waals surface area contributed by atoms with Crippen LogP contribution in [-0.2, 0) is 4.74 Å². The number of allylic oxidation sites excluding steroid dienone is 1. The van der Waals surface area contributed by atoms with Crippen molar-refractivity contribution in [3.05, 3.63) is 11.6 Å². The van der Waals surface area contributed by atoms with Gasteiger partial charge in [-0.15, -0.1) is 0 Å². The minimum Gasteiger partial charge on any atom is -0.446 e. The number of amides is 1. The van der Waals surface area contributed by atoms with Crippen LogP contribution in [0.4, 0.5) is 4.79 Å². The van der Waals surface area contributed by atoms with Crippen LogP contribution in [-0.4, -0.2) is 24.1 Å². The topological polar surface area (TPSA) is 38.3 Å². The SMILES string of the molecule is CC(C)CCC[C@@H](C)[C@H]1CC[C@H]2[C@@H]3CC=C4C[C@@H](OC(=O)NCCCCCCBr)CC[C@]4(C)[C@@H]3CC[C@]12C. The van der Waals surface area contributed by atoms with Crippen LogP contribution in [0, 0.1) is 46.3 Å². The number of halogens is 1. The van der Waals surface area contributed by atoms with Crippen LogP contribution in [0.3, 0.4) is 0 Å². The van der Waals surface area contributed by atoms with E-state index in [1.807, 2.05) is 0 Å². The highest BCUT2D eigenvalue weighted by atomic mass is 79.9. The fraction of sp³-hybridized carbons (Fsp3) is 0.912. The van der Waals surface area contributed by atoms with E-state index in [0.717, 1.165) is 66.6 Å². The monoisotopic (exact) mass is 591 g/mol. The normalized spacial score (nSPS) is 37.1. The third-order valence-corrected chi connectivity index (χ3v) is 12.4. The Bertz CT molecular complexity index is 810. The smallest absolute Gasteiger partial charge is 0.407 e. The molecular weight excluding hydrogens is 534 g/mol. The van der Waals surface area contributed by atoms with Gasteiger partial charge in [-0.3, -0.25) is 0 Å². The maximum atomic E-state index is 12.5. The lowest BCUT2D eigenvalue weighted by atomic mass is 9.47. The molecule has 0 radical (unpaired) electrons. The number of unbranched alkanes of at least 4 members (excludes halogenated alkanes) is 3. The molecule has 0 heterocycles. The lowest BCUT2D eigenvalue weighted by Gasteiger charge is -2.58. The number of alkyl halides is 1. The molecule has 3 saturated carbocycles. The van der Waals surface area contributed by atoms with Gasteiger partial charge in [0.2, 0.25) is 0 Å². The Morgan fingerprint density at radius 3 is 2.55 bits per heavy atom. The molecule has 0 aromatic rings. The summed E-state index contributed by atoms with van der Waals surface area (Å²) in [4.78, 5) is 12.5. The van der Waals surface area contributed by atoms with E-state index in [1.165, 1.54) is 77.0 Å². The van der Waals surface area contributed by atoms with Crippen molar-refractivity contribution in [3.63, 3.8) is 0 Å². The van der Waals surface area contributed by atoms with Gasteiger partial charge in [0.05, 0.1) is 0 Å². The van der Waals surface area contributed by atoms with Crippen molar-refractivity contribution in [1.29, 1.82) is 0 Å². The predicted octanol–water partition coefficient (Wildman–Crippen LogP) is 10.1. The zero-order chi connectivity index (χ0) is 27.3. The third-order valence-electron chi connectivity index (χ3n) is 11.9. The Morgan fingerprint density at radius 1 is 1.00 bits per heavy atom. The molecule has 8 atom stereocenters. The second-order valence-corrected chi connectivity index (χ2v) is 15.4. The summed E-state index contributed by atoms with van der Waals surface area (Å²) in [6.45, 7) is 13.3. The molecule has 38 heavy (non-hydrogen) atoms. The van der Waals surface area contributed by atoms with Crippen molar-refractivity contribution in [2.24, 2.45) is 46.3 Å². The summed E-state index contributed by atoms with van der Waals surface area (Å²) in [6.07, 6.45) is 21.5. The molecule has 4 heteroatoms. The van der Waals surface area contributed by atoms with Gasteiger partial charge in [-0.2, -0.15) is 0 Å². The molecule has 0 aromatic heterocycles. The lowest BCUT2D eigenvalue weighted by Crippen LogP contribution is -2.51. The highest BCUT2D eigenvalue weighted by Crippen LogP contribution is 2.67. The Hall–Kier alpha value is -0.510. The fourth-order valence-corrected chi connectivity index (χ4v) is 10.1. The summed E-state index contributed by atoms with van der Waals surface area (Å²) >= 11 is 3.48. The zero-order valence-corrected chi connectivity index (χ0v) is 26.9. The van der Waals surface area contributed by atoms with E-state index in [9.17, 15) is 4.79 Å². The second-order valence-electron chi connectivity index (χ2n) is 14.6. The van der Waals surface area contributed by atoms with E-state index in [1.54, 1.807) is 5.57 Å². The van der Waals surface area contributed by atoms with Gasteiger partial charge in [-0.1, -0.05) is 94.3 Å². The third kappa shape index (κ3) is 6.68. The molecule has 0 aromatic carbocycles. The lowest BCUT2D eigenvalue weighted by molar-refractivity contribution is -0.0581. The molecule has 0 bridgehead atoms. The molecule has 0 aliphatic heterocycles. The molecular formula is C34H58BrNO2. The van der Waals surface area contributed by atoms with E-state index in [2.05, 4.69) is 61.9 Å². The van der Waals surface area contributed by atoms with E-state index in [0.29, 0.717) is 10.8 Å². The van der Waals surface area contributed by atoms with Crippen LogP contribution < -0.4 is 5.32 Å². The summed E-state index contributed by atoms with van der Waals surface area (Å²) in [5.74, 6) is 5.22. The maximum Gasteiger partial charge on any atom is 0.407 e. The first-order chi connectivity index (χ1) is 18.2. The average molecular weight is 593 g/mol. The summed E-state index contributed by atoms with van der Waals surface area (Å²) in [6, 6.07) is 0. The quantitative estimate of drug-likeness (QED) is 0.139. The Balaban J connectivity index is 1.31. The second kappa shape index (κ2) is 13.4. The van der Waals surface area contributed by atoms with Gasteiger partial charge in [-0.25, -0.2) is 4.79 Å². The standard InChI is InChI=1S/C34H58BrNO2/c1-24(2)11-10-12-25(3)29-15-16-30-28-14-13-26-23-27(38-32(37)36-22-9-7-6-8-21-35)17-19-33(26,4)31(28)18-20-34(29,30)5/h13,24-25,27-31H,6-12,14-23H2,1-5H3,(H,36,37)/t25-,27+,28+,29-,30+,31-,33+,34-/m1/s1. The number of hydrogen-bond acceptors (Lipinski definition) is 2. The van der Waals surface area contributed by atoms with E-state index >= 15 is 0 Å². The van der Waals surface area contributed by atoms with Gasteiger partial charge in [0.25, 0.3) is 0 Å². The van der Waals surface area contributed by atoms with E-state index in [-0.39, 0.29) is 12.2 Å². The van der Waals surface area contributed by atoms with Gasteiger partial charge in [-0.05, 0) is 104 Å². The van der Waals surface area contributed by atoms with Crippen molar-refractivity contribution in [1.82, 2.24) is 5.32 Å². The van der Waals surface area contributed by atoms with Gasteiger partial charge < -0.3 is 10.1 Å². The highest BCUT2D eigenvalue weighted by molar-refractivity contribution is 9.09. The van der Waals surface area contributed by atoms with Crippen LogP contribution >= 0.6 is 15.9 Å². The van der Waals surface area contributed by atoms with Crippen LogP contribution in [0.15, 0.2) is 11.6 Å². The Morgan fingerprint density at radius 2 is 1.79 bits per heavy atom. The van der Waals surface area contributed by atoms with Gasteiger partial charge in [0.15, 0.2) is 0 Å². The molecule has 0 saturated heterocycles. The number of fused-ring (bicyclic) bond motifs is 5. The van der Waals surface area contributed by atoms with Crippen LogP contribution in [0.2, 0.25) is 0 Å². The minimum atomic E-state index is -0.207. The Labute approximate surface area is 243 Å². The Kier molecular flexibility index (Phi) is 10.8. The molecule has 4 aliphatic carbocycles. The first-order valence-corrected chi connectivity index (χ1v) is 17.5. The summed E-state index contributed by atoms with van der Waals surface area (Å²) < 4.78 is 5.92. The van der Waals surface area contributed by atoms with Crippen LogP contribution in [0.5, 0.6) is 0 Å². The van der Waals surface area contributed by atoms with Crippen molar-refractivity contribution in [2.45, 2.75) is 137 Å². The van der Waals surface area contributed by atoms with E-state index in [4.69, 9.17) is 4.74 Å². The summed E-state index contributed by atoms with van der Waals surface area (Å²) in [7, 11) is 0. The first-order valence-electron chi connectivity index (χ1n) is 16.4. The predicted molar refractivity (Wildman–Crippen MR) is 164 cm³/mol. The molecule has 3 nitrogen and oxygen atoms in total.